The van der Waals surface area contributed by atoms with Crippen molar-refractivity contribution in [2.75, 3.05) is 20.3 Å². The van der Waals surface area contributed by atoms with E-state index in [0.717, 1.165) is 19.1 Å². The standard InChI is InChI=1S/C12H27NO/c1-11(2)13-9-8-12(3)7-5-6-10-14-4/h11-13H,5-10H2,1-4H3. The normalized spacial score (nSPS) is 13.5. The van der Waals surface area contributed by atoms with Crippen molar-refractivity contribution in [3.05, 3.63) is 0 Å². The Labute approximate surface area is 89.4 Å². The van der Waals surface area contributed by atoms with Crippen LogP contribution >= 0.6 is 0 Å². The van der Waals surface area contributed by atoms with Gasteiger partial charge < -0.3 is 10.1 Å². The number of hydrogen-bond donors (Lipinski definition) is 1. The quantitative estimate of drug-likeness (QED) is 0.579. The Hall–Kier alpha value is -0.0800. The van der Waals surface area contributed by atoms with Crippen molar-refractivity contribution in [1.29, 1.82) is 0 Å². The van der Waals surface area contributed by atoms with Gasteiger partial charge in [-0.2, -0.15) is 0 Å². The molecular weight excluding hydrogens is 174 g/mol. The van der Waals surface area contributed by atoms with Gasteiger partial charge in [-0.15, -0.1) is 0 Å². The number of nitrogens with one attached hydrogen (secondary N) is 1. The van der Waals surface area contributed by atoms with Gasteiger partial charge in [0, 0.05) is 19.8 Å². The average molecular weight is 201 g/mol. The summed E-state index contributed by atoms with van der Waals surface area (Å²) in [6.07, 6.45) is 5.14. The molecule has 0 radical (unpaired) electrons. The SMILES string of the molecule is COCCCCC(C)CCNC(C)C. The molecule has 1 atom stereocenters. The maximum Gasteiger partial charge on any atom is 0.0462 e. The first-order chi connectivity index (χ1) is 6.66. The van der Waals surface area contributed by atoms with Crippen LogP contribution in [0.5, 0.6) is 0 Å². The smallest absolute Gasteiger partial charge is 0.0462 e. The van der Waals surface area contributed by atoms with Crippen LogP contribution in [0.3, 0.4) is 0 Å². The molecule has 0 rings (SSSR count). The lowest BCUT2D eigenvalue weighted by molar-refractivity contribution is 0.190. The third kappa shape index (κ3) is 10.0. The van der Waals surface area contributed by atoms with Gasteiger partial charge in [0.2, 0.25) is 0 Å². The molecule has 2 heteroatoms. The second-order valence-electron chi connectivity index (χ2n) is 4.49. The summed E-state index contributed by atoms with van der Waals surface area (Å²) < 4.78 is 5.02. The van der Waals surface area contributed by atoms with Crippen LogP contribution in [0.1, 0.15) is 46.5 Å². The molecule has 0 heterocycles. The fourth-order valence-corrected chi connectivity index (χ4v) is 1.50. The molecule has 14 heavy (non-hydrogen) atoms. The summed E-state index contributed by atoms with van der Waals surface area (Å²) >= 11 is 0. The molecule has 0 aliphatic heterocycles. The molecule has 0 bridgehead atoms. The summed E-state index contributed by atoms with van der Waals surface area (Å²) in [5.74, 6) is 0.845. The monoisotopic (exact) mass is 201 g/mol. The minimum Gasteiger partial charge on any atom is -0.385 e. The highest BCUT2D eigenvalue weighted by Gasteiger charge is 2.01. The highest BCUT2D eigenvalue weighted by Crippen LogP contribution is 2.11. The molecule has 2 nitrogen and oxygen atoms in total. The van der Waals surface area contributed by atoms with Crippen molar-refractivity contribution >= 4 is 0 Å². The third-order valence-electron chi connectivity index (χ3n) is 2.49. The van der Waals surface area contributed by atoms with Crippen LogP contribution in [0.15, 0.2) is 0 Å². The molecule has 0 aromatic rings. The number of ether oxygens (including phenoxy) is 1. The Bertz CT molecular complexity index is 115. The van der Waals surface area contributed by atoms with Gasteiger partial charge in [0.05, 0.1) is 0 Å². The van der Waals surface area contributed by atoms with E-state index >= 15 is 0 Å². The lowest BCUT2D eigenvalue weighted by Crippen LogP contribution is -2.24. The highest BCUT2D eigenvalue weighted by molar-refractivity contribution is 4.58. The molecule has 0 amide bonds. The van der Waals surface area contributed by atoms with Gasteiger partial charge >= 0.3 is 0 Å². The summed E-state index contributed by atoms with van der Waals surface area (Å²) in [6.45, 7) is 8.81. The summed E-state index contributed by atoms with van der Waals surface area (Å²) in [7, 11) is 1.77. The Kier molecular flexibility index (Phi) is 9.42. The van der Waals surface area contributed by atoms with Crippen LogP contribution < -0.4 is 5.32 Å². The highest BCUT2D eigenvalue weighted by atomic mass is 16.5. The summed E-state index contributed by atoms with van der Waals surface area (Å²) in [6, 6.07) is 0.621. The number of methoxy groups -OCH3 is 1. The zero-order valence-electron chi connectivity index (χ0n) is 10.3. The number of hydrogen-bond acceptors (Lipinski definition) is 2. The van der Waals surface area contributed by atoms with E-state index in [0.29, 0.717) is 6.04 Å². The molecular formula is C12H27NO. The fraction of sp³-hybridized carbons (Fsp3) is 1.00. The molecule has 1 unspecified atom stereocenters. The van der Waals surface area contributed by atoms with E-state index in [4.69, 9.17) is 4.74 Å². The van der Waals surface area contributed by atoms with E-state index < -0.39 is 0 Å². The van der Waals surface area contributed by atoms with Crippen LogP contribution in [0.25, 0.3) is 0 Å². The average Bonchev–Trinajstić information content (AvgIpc) is 2.12. The van der Waals surface area contributed by atoms with Crippen molar-refractivity contribution in [2.45, 2.75) is 52.5 Å². The largest absolute Gasteiger partial charge is 0.385 e. The molecule has 86 valence electrons. The summed E-state index contributed by atoms with van der Waals surface area (Å²) in [4.78, 5) is 0. The van der Waals surface area contributed by atoms with Gasteiger partial charge in [0.1, 0.15) is 0 Å². The van der Waals surface area contributed by atoms with Crippen molar-refractivity contribution in [3.63, 3.8) is 0 Å². The lowest BCUT2D eigenvalue weighted by atomic mass is 10.0. The van der Waals surface area contributed by atoms with Gasteiger partial charge in [0.25, 0.3) is 0 Å². The van der Waals surface area contributed by atoms with Crippen LogP contribution in [0.2, 0.25) is 0 Å². The first kappa shape index (κ1) is 13.9. The first-order valence-electron chi connectivity index (χ1n) is 5.89. The lowest BCUT2D eigenvalue weighted by Gasteiger charge is -2.13. The van der Waals surface area contributed by atoms with Crippen molar-refractivity contribution < 1.29 is 4.74 Å². The predicted molar refractivity (Wildman–Crippen MR) is 62.6 cm³/mol. The Morgan fingerprint density at radius 3 is 2.36 bits per heavy atom. The molecule has 0 aromatic heterocycles. The van der Waals surface area contributed by atoms with Crippen LogP contribution in [0.4, 0.5) is 0 Å². The zero-order chi connectivity index (χ0) is 10.8. The van der Waals surface area contributed by atoms with E-state index in [2.05, 4.69) is 26.1 Å². The van der Waals surface area contributed by atoms with E-state index in [9.17, 15) is 0 Å². The van der Waals surface area contributed by atoms with Crippen LogP contribution in [-0.4, -0.2) is 26.3 Å². The van der Waals surface area contributed by atoms with Gasteiger partial charge in [-0.25, -0.2) is 0 Å². The van der Waals surface area contributed by atoms with Crippen LogP contribution in [-0.2, 0) is 4.74 Å². The Balaban J connectivity index is 3.15. The first-order valence-corrected chi connectivity index (χ1v) is 5.89. The molecule has 0 fully saturated rings. The molecule has 0 spiro atoms. The third-order valence-corrected chi connectivity index (χ3v) is 2.49. The van der Waals surface area contributed by atoms with E-state index in [1.54, 1.807) is 7.11 Å². The topological polar surface area (TPSA) is 21.3 Å². The maximum atomic E-state index is 5.02. The minimum absolute atomic E-state index is 0.621. The number of rotatable bonds is 9. The summed E-state index contributed by atoms with van der Waals surface area (Å²) in [5.41, 5.74) is 0. The Morgan fingerprint density at radius 2 is 1.79 bits per heavy atom. The van der Waals surface area contributed by atoms with E-state index in [1.165, 1.54) is 25.7 Å². The second kappa shape index (κ2) is 9.47. The number of unbranched alkanes of at least 4 members (excludes halogenated alkanes) is 1. The molecule has 0 aliphatic carbocycles. The molecule has 0 saturated heterocycles. The van der Waals surface area contributed by atoms with Gasteiger partial charge in [-0.05, 0) is 25.3 Å². The second-order valence-corrected chi connectivity index (χ2v) is 4.49. The van der Waals surface area contributed by atoms with Crippen molar-refractivity contribution in [2.24, 2.45) is 5.92 Å². The van der Waals surface area contributed by atoms with E-state index in [-0.39, 0.29) is 0 Å². The van der Waals surface area contributed by atoms with E-state index in [1.807, 2.05) is 0 Å². The minimum atomic E-state index is 0.621. The molecule has 1 N–H and O–H groups in total. The van der Waals surface area contributed by atoms with Crippen LogP contribution in [0, 0.1) is 5.92 Å². The maximum absolute atomic E-state index is 5.02. The zero-order valence-corrected chi connectivity index (χ0v) is 10.3. The van der Waals surface area contributed by atoms with Crippen molar-refractivity contribution in [1.82, 2.24) is 5.32 Å². The summed E-state index contributed by atoms with van der Waals surface area (Å²) in [5, 5.41) is 3.45. The Morgan fingerprint density at radius 1 is 1.07 bits per heavy atom. The predicted octanol–water partition coefficient (Wildman–Crippen LogP) is 2.83. The molecule has 0 saturated carbocycles. The fourth-order valence-electron chi connectivity index (χ4n) is 1.50. The van der Waals surface area contributed by atoms with Gasteiger partial charge in [0.15, 0.2) is 0 Å². The van der Waals surface area contributed by atoms with Gasteiger partial charge in [-0.3, -0.25) is 0 Å². The molecule has 0 aromatic carbocycles. The molecule has 0 aliphatic rings. The van der Waals surface area contributed by atoms with Gasteiger partial charge in [-0.1, -0.05) is 33.6 Å². The van der Waals surface area contributed by atoms with Crippen molar-refractivity contribution in [3.8, 4) is 0 Å².